The highest BCUT2D eigenvalue weighted by molar-refractivity contribution is 5.92. The van der Waals surface area contributed by atoms with Crippen LogP contribution in [-0.4, -0.2) is 38.0 Å². The van der Waals surface area contributed by atoms with Gasteiger partial charge in [-0.3, -0.25) is 9.59 Å². The molecular weight excluding hydrogens is 362 g/mol. The van der Waals surface area contributed by atoms with Gasteiger partial charge in [0.1, 0.15) is 0 Å². The molecule has 0 heterocycles. The number of hydrogen-bond donors (Lipinski definition) is 1. The summed E-state index contributed by atoms with van der Waals surface area (Å²) >= 11 is 0. The molecule has 0 bridgehead atoms. The second-order valence-corrected chi connectivity index (χ2v) is 7.33. The minimum atomic E-state index is -0.0345. The number of amides is 2. The number of hydrogen-bond acceptors (Lipinski definition) is 3. The Labute approximate surface area is 174 Å². The number of aryl methyl sites for hydroxylation is 2. The van der Waals surface area contributed by atoms with Crippen molar-refractivity contribution >= 4 is 23.2 Å². The highest BCUT2D eigenvalue weighted by Crippen LogP contribution is 2.25. The van der Waals surface area contributed by atoms with Gasteiger partial charge in [0.2, 0.25) is 11.8 Å². The van der Waals surface area contributed by atoms with Crippen LogP contribution in [-0.2, 0) is 16.0 Å². The van der Waals surface area contributed by atoms with Crippen molar-refractivity contribution in [2.45, 2.75) is 41.0 Å². The molecule has 0 fully saturated rings. The minimum absolute atomic E-state index is 0.0309. The topological polar surface area (TPSA) is 52.6 Å². The fraction of sp³-hybridized carbons (Fsp3) is 0.417. The number of nitrogens with one attached hydrogen (secondary N) is 1. The molecule has 2 aromatic carbocycles. The summed E-state index contributed by atoms with van der Waals surface area (Å²) in [6.07, 6.45) is 0.347. The Morgan fingerprint density at radius 3 is 2.31 bits per heavy atom. The van der Waals surface area contributed by atoms with Gasteiger partial charge in [0, 0.05) is 44.5 Å². The molecule has 0 unspecified atom stereocenters. The van der Waals surface area contributed by atoms with Crippen LogP contribution in [0.1, 0.15) is 37.5 Å². The number of carbonyl (C=O) groups excluding carboxylic acids is 2. The average Bonchev–Trinajstić information content (AvgIpc) is 2.67. The van der Waals surface area contributed by atoms with E-state index in [1.807, 2.05) is 44.2 Å². The van der Waals surface area contributed by atoms with Gasteiger partial charge in [-0.1, -0.05) is 29.8 Å². The zero-order valence-electron chi connectivity index (χ0n) is 18.3. The monoisotopic (exact) mass is 395 g/mol. The first-order valence-corrected chi connectivity index (χ1v) is 10.3. The largest absolute Gasteiger partial charge is 0.372 e. The lowest BCUT2D eigenvalue weighted by Crippen LogP contribution is -2.38. The van der Waals surface area contributed by atoms with Crippen molar-refractivity contribution in [1.29, 1.82) is 0 Å². The molecule has 0 atom stereocenters. The summed E-state index contributed by atoms with van der Waals surface area (Å²) < 4.78 is 0. The van der Waals surface area contributed by atoms with Gasteiger partial charge in [0.15, 0.2) is 0 Å². The van der Waals surface area contributed by atoms with Gasteiger partial charge in [0.05, 0.1) is 6.42 Å². The second-order valence-electron chi connectivity index (χ2n) is 7.33. The van der Waals surface area contributed by atoms with Crippen LogP contribution in [0.2, 0.25) is 0 Å². The first-order valence-electron chi connectivity index (χ1n) is 10.3. The van der Waals surface area contributed by atoms with E-state index < -0.39 is 0 Å². The van der Waals surface area contributed by atoms with E-state index in [4.69, 9.17) is 0 Å². The van der Waals surface area contributed by atoms with Gasteiger partial charge >= 0.3 is 0 Å². The third kappa shape index (κ3) is 6.34. The molecule has 0 spiro atoms. The van der Waals surface area contributed by atoms with E-state index in [1.165, 1.54) is 0 Å². The molecule has 5 heteroatoms. The molecule has 2 amide bonds. The number of rotatable bonds is 9. The molecule has 29 heavy (non-hydrogen) atoms. The summed E-state index contributed by atoms with van der Waals surface area (Å²) in [7, 11) is 0. The molecule has 0 aliphatic carbocycles. The maximum absolute atomic E-state index is 12.2. The molecule has 0 aliphatic rings. The first kappa shape index (κ1) is 22.5. The van der Waals surface area contributed by atoms with E-state index in [0.717, 1.165) is 41.2 Å². The molecule has 156 valence electrons. The summed E-state index contributed by atoms with van der Waals surface area (Å²) in [5.41, 5.74) is 5.23. The van der Waals surface area contributed by atoms with Gasteiger partial charge in [-0.15, -0.1) is 0 Å². The molecule has 2 rings (SSSR count). The Hall–Kier alpha value is -2.82. The van der Waals surface area contributed by atoms with Crippen LogP contribution in [0.4, 0.5) is 11.4 Å². The molecule has 0 aliphatic heterocycles. The van der Waals surface area contributed by atoms with Crippen molar-refractivity contribution in [3.8, 4) is 0 Å². The summed E-state index contributed by atoms with van der Waals surface area (Å²) in [5, 5.41) is 2.93. The Balaban J connectivity index is 1.99. The van der Waals surface area contributed by atoms with Crippen molar-refractivity contribution in [3.63, 3.8) is 0 Å². The quantitative estimate of drug-likeness (QED) is 0.701. The Kier molecular flexibility index (Phi) is 8.25. The zero-order chi connectivity index (χ0) is 21.4. The van der Waals surface area contributed by atoms with Crippen LogP contribution >= 0.6 is 0 Å². The van der Waals surface area contributed by atoms with Gasteiger partial charge in [-0.2, -0.15) is 0 Å². The summed E-state index contributed by atoms with van der Waals surface area (Å²) in [6, 6.07) is 14.1. The van der Waals surface area contributed by atoms with E-state index in [-0.39, 0.29) is 11.8 Å². The molecule has 0 saturated carbocycles. The molecule has 1 N–H and O–H groups in total. The van der Waals surface area contributed by atoms with E-state index in [1.54, 1.807) is 11.8 Å². The maximum atomic E-state index is 12.2. The summed E-state index contributed by atoms with van der Waals surface area (Å²) in [6.45, 7) is 12.6. The van der Waals surface area contributed by atoms with Crippen molar-refractivity contribution in [1.82, 2.24) is 5.32 Å². The third-order valence-electron chi connectivity index (χ3n) is 5.08. The van der Waals surface area contributed by atoms with Crippen LogP contribution < -0.4 is 15.1 Å². The lowest BCUT2D eigenvalue weighted by atomic mass is 10.1. The maximum Gasteiger partial charge on any atom is 0.224 e. The molecular formula is C24H33N3O2. The van der Waals surface area contributed by atoms with E-state index in [2.05, 4.69) is 36.2 Å². The van der Waals surface area contributed by atoms with E-state index >= 15 is 0 Å². The van der Waals surface area contributed by atoms with Gasteiger partial charge in [0.25, 0.3) is 0 Å². The fourth-order valence-corrected chi connectivity index (χ4v) is 3.55. The number of carbonyl (C=O) groups is 2. The van der Waals surface area contributed by atoms with Crippen LogP contribution in [0.5, 0.6) is 0 Å². The van der Waals surface area contributed by atoms with Gasteiger partial charge in [-0.25, -0.2) is 0 Å². The van der Waals surface area contributed by atoms with Gasteiger partial charge in [-0.05, 0) is 57.0 Å². The van der Waals surface area contributed by atoms with Crippen LogP contribution in [0, 0.1) is 13.8 Å². The molecule has 0 saturated heterocycles. The minimum Gasteiger partial charge on any atom is -0.372 e. The van der Waals surface area contributed by atoms with Gasteiger partial charge < -0.3 is 15.1 Å². The smallest absolute Gasteiger partial charge is 0.224 e. The zero-order valence-corrected chi connectivity index (χ0v) is 18.3. The molecule has 0 radical (unpaired) electrons. The Bertz CT molecular complexity index is 844. The fourth-order valence-electron chi connectivity index (χ4n) is 3.55. The predicted octanol–water partition coefficient (Wildman–Crippen LogP) is 3.86. The van der Waals surface area contributed by atoms with Crippen LogP contribution in [0.25, 0.3) is 0 Å². The molecule has 2 aromatic rings. The van der Waals surface area contributed by atoms with Crippen molar-refractivity contribution in [2.75, 3.05) is 36.0 Å². The lowest BCUT2D eigenvalue weighted by molar-refractivity contribution is -0.121. The number of anilines is 2. The SMILES string of the molecule is CCN(CC)c1ccc(N(CCNC(=O)Cc2cccc(C)c2)C(C)=O)c(C)c1. The van der Waals surface area contributed by atoms with E-state index in [0.29, 0.717) is 19.5 Å². The third-order valence-corrected chi connectivity index (χ3v) is 5.08. The predicted molar refractivity (Wildman–Crippen MR) is 121 cm³/mol. The summed E-state index contributed by atoms with van der Waals surface area (Å²) in [5.74, 6) is -0.0654. The number of benzene rings is 2. The molecule has 5 nitrogen and oxygen atoms in total. The Morgan fingerprint density at radius 2 is 1.72 bits per heavy atom. The highest BCUT2D eigenvalue weighted by atomic mass is 16.2. The average molecular weight is 396 g/mol. The van der Waals surface area contributed by atoms with Crippen LogP contribution in [0.3, 0.4) is 0 Å². The first-order chi connectivity index (χ1) is 13.8. The second kappa shape index (κ2) is 10.6. The molecule has 0 aromatic heterocycles. The highest BCUT2D eigenvalue weighted by Gasteiger charge is 2.15. The standard InChI is InChI=1S/C24H33N3O2/c1-6-26(7-2)22-11-12-23(19(4)16-22)27(20(5)28)14-13-25-24(29)17-21-10-8-9-18(3)15-21/h8-12,15-16H,6-7,13-14,17H2,1-5H3,(H,25,29). The number of nitrogens with zero attached hydrogens (tertiary/aromatic N) is 2. The van der Waals surface area contributed by atoms with E-state index in [9.17, 15) is 9.59 Å². The van der Waals surface area contributed by atoms with Crippen molar-refractivity contribution < 1.29 is 9.59 Å². The van der Waals surface area contributed by atoms with Crippen molar-refractivity contribution in [2.24, 2.45) is 0 Å². The Morgan fingerprint density at radius 1 is 1.00 bits per heavy atom. The normalized spacial score (nSPS) is 10.5. The van der Waals surface area contributed by atoms with Crippen molar-refractivity contribution in [3.05, 3.63) is 59.2 Å². The van der Waals surface area contributed by atoms with Crippen LogP contribution in [0.15, 0.2) is 42.5 Å². The lowest BCUT2D eigenvalue weighted by Gasteiger charge is -2.26. The summed E-state index contributed by atoms with van der Waals surface area (Å²) in [4.78, 5) is 28.5.